The maximum Gasteiger partial charge on any atom is 0.573 e. The summed E-state index contributed by atoms with van der Waals surface area (Å²) in [4.78, 5) is 13.7. The van der Waals surface area contributed by atoms with Gasteiger partial charge in [0.05, 0.1) is 10.7 Å². The van der Waals surface area contributed by atoms with Gasteiger partial charge >= 0.3 is 6.36 Å². The second-order valence-electron chi connectivity index (χ2n) is 5.38. The van der Waals surface area contributed by atoms with Crippen LogP contribution in [0.15, 0.2) is 48.2 Å². The van der Waals surface area contributed by atoms with Crippen LogP contribution >= 0.6 is 23.8 Å². The summed E-state index contributed by atoms with van der Waals surface area (Å²) < 4.78 is 40.5. The molecule has 3 rings (SSSR count). The summed E-state index contributed by atoms with van der Waals surface area (Å²) in [6.45, 7) is 0. The lowest BCUT2D eigenvalue weighted by atomic mass is 10.2. The highest BCUT2D eigenvalue weighted by atomic mass is 35.5. The molecule has 2 aromatic rings. The van der Waals surface area contributed by atoms with Gasteiger partial charge in [0, 0.05) is 0 Å². The normalized spacial score (nSPS) is 16.0. The number of phenolic OH excluding ortho intramolecular Hbond substituents is 1. The fraction of sp³-hybridized carbons (Fsp3) is 0.0588. The summed E-state index contributed by atoms with van der Waals surface area (Å²) >= 11 is 11.0. The number of aromatic hydroxyl groups is 1. The van der Waals surface area contributed by atoms with Gasteiger partial charge < -0.3 is 15.2 Å². The van der Waals surface area contributed by atoms with Crippen LogP contribution in [-0.4, -0.2) is 22.5 Å². The SMILES string of the molecule is O=C1C(=Cc2ccc(O)c(Cl)c2)NC(=S)N1c1ccc(OC(F)(F)F)cc1. The molecule has 2 aromatic carbocycles. The lowest BCUT2D eigenvalue weighted by Gasteiger charge is -2.15. The van der Waals surface area contributed by atoms with Gasteiger partial charge in [0.2, 0.25) is 0 Å². The number of amides is 1. The van der Waals surface area contributed by atoms with E-state index in [2.05, 4.69) is 10.1 Å². The third-order valence-corrected chi connectivity index (χ3v) is 4.08. The quantitative estimate of drug-likeness (QED) is 0.582. The summed E-state index contributed by atoms with van der Waals surface area (Å²) in [6.07, 6.45) is -3.32. The largest absolute Gasteiger partial charge is 0.573 e. The topological polar surface area (TPSA) is 61.8 Å². The highest BCUT2D eigenvalue weighted by molar-refractivity contribution is 7.80. The molecular weight excluding hydrogens is 405 g/mol. The molecule has 27 heavy (non-hydrogen) atoms. The van der Waals surface area contributed by atoms with Gasteiger partial charge in [-0.1, -0.05) is 17.7 Å². The number of nitrogens with zero attached hydrogens (tertiary/aromatic N) is 1. The standard InChI is InChI=1S/C17H10ClF3N2O3S/c18-12-7-9(1-6-14(12)24)8-13-15(25)23(16(27)22-13)10-2-4-11(5-3-10)26-17(19,20)21/h1-8,24H,(H,22,27). The van der Waals surface area contributed by atoms with Crippen LogP contribution in [0.3, 0.4) is 0 Å². The molecule has 0 bridgehead atoms. The smallest absolute Gasteiger partial charge is 0.506 e. The molecule has 0 spiro atoms. The van der Waals surface area contributed by atoms with E-state index in [-0.39, 0.29) is 27.3 Å². The van der Waals surface area contributed by atoms with Crippen LogP contribution in [0.5, 0.6) is 11.5 Å². The van der Waals surface area contributed by atoms with Gasteiger partial charge in [0.25, 0.3) is 5.91 Å². The van der Waals surface area contributed by atoms with Crippen molar-refractivity contribution in [2.45, 2.75) is 6.36 Å². The van der Waals surface area contributed by atoms with E-state index in [1.165, 1.54) is 30.3 Å². The van der Waals surface area contributed by atoms with Crippen molar-refractivity contribution in [3.05, 3.63) is 58.7 Å². The summed E-state index contributed by atoms with van der Waals surface area (Å²) in [5.41, 5.74) is 0.976. The van der Waals surface area contributed by atoms with Crippen LogP contribution in [0.4, 0.5) is 18.9 Å². The van der Waals surface area contributed by atoms with Crippen molar-refractivity contribution < 1.29 is 27.8 Å². The minimum atomic E-state index is -4.80. The Morgan fingerprint density at radius 3 is 2.44 bits per heavy atom. The Bertz CT molecular complexity index is 945. The van der Waals surface area contributed by atoms with Gasteiger partial charge in [-0.3, -0.25) is 9.69 Å². The van der Waals surface area contributed by atoms with Gasteiger partial charge in [-0.2, -0.15) is 0 Å². The number of hydrogen-bond acceptors (Lipinski definition) is 4. The number of carbonyl (C=O) groups excluding carboxylic acids is 1. The first-order chi connectivity index (χ1) is 12.6. The highest BCUT2D eigenvalue weighted by Crippen LogP contribution is 2.29. The van der Waals surface area contributed by atoms with Crippen molar-refractivity contribution in [3.8, 4) is 11.5 Å². The summed E-state index contributed by atoms with van der Waals surface area (Å²) in [7, 11) is 0. The number of thiocarbonyl (C=S) groups is 1. The minimum Gasteiger partial charge on any atom is -0.506 e. The van der Waals surface area contributed by atoms with E-state index >= 15 is 0 Å². The molecule has 1 heterocycles. The molecule has 1 aliphatic heterocycles. The van der Waals surface area contributed by atoms with E-state index in [1.807, 2.05) is 0 Å². The van der Waals surface area contributed by atoms with Gasteiger partial charge in [-0.05, 0) is 60.3 Å². The minimum absolute atomic E-state index is 0.0700. The lowest BCUT2D eigenvalue weighted by Crippen LogP contribution is -2.30. The Morgan fingerprint density at radius 1 is 1.19 bits per heavy atom. The van der Waals surface area contributed by atoms with Crippen LogP contribution < -0.4 is 15.0 Å². The number of anilines is 1. The second kappa shape index (κ2) is 7.09. The number of nitrogens with one attached hydrogen (secondary N) is 1. The third kappa shape index (κ3) is 4.32. The van der Waals surface area contributed by atoms with Crippen molar-refractivity contribution in [1.29, 1.82) is 0 Å². The van der Waals surface area contributed by atoms with Crippen molar-refractivity contribution >= 4 is 46.6 Å². The predicted octanol–water partition coefficient (Wildman–Crippen LogP) is 4.21. The Morgan fingerprint density at radius 2 is 1.85 bits per heavy atom. The predicted molar refractivity (Wildman–Crippen MR) is 97.4 cm³/mol. The molecule has 140 valence electrons. The van der Waals surface area contributed by atoms with Crippen LogP contribution in [-0.2, 0) is 4.79 Å². The Balaban J connectivity index is 1.83. The van der Waals surface area contributed by atoms with E-state index in [4.69, 9.17) is 23.8 Å². The van der Waals surface area contributed by atoms with Crippen molar-refractivity contribution in [2.75, 3.05) is 4.90 Å². The lowest BCUT2D eigenvalue weighted by molar-refractivity contribution is -0.274. The zero-order valence-electron chi connectivity index (χ0n) is 13.2. The average molecular weight is 415 g/mol. The Hall–Kier alpha value is -2.78. The number of ether oxygens (including phenoxy) is 1. The third-order valence-electron chi connectivity index (χ3n) is 3.49. The number of alkyl halides is 3. The fourth-order valence-corrected chi connectivity index (χ4v) is 2.83. The number of halogens is 4. The molecule has 1 amide bonds. The van der Waals surface area contributed by atoms with Gasteiger partial charge in [0.15, 0.2) is 5.11 Å². The molecule has 1 aliphatic rings. The van der Waals surface area contributed by atoms with Gasteiger partial charge in [-0.15, -0.1) is 13.2 Å². The zero-order chi connectivity index (χ0) is 19.8. The monoisotopic (exact) mass is 414 g/mol. The molecule has 0 aliphatic carbocycles. The number of rotatable bonds is 3. The molecular formula is C17H10ClF3N2O3S. The number of phenols is 1. The summed E-state index contributed by atoms with van der Waals surface area (Å²) in [5, 5.41) is 12.4. The molecule has 0 saturated carbocycles. The molecule has 0 aromatic heterocycles. The molecule has 1 saturated heterocycles. The Kier molecular flexibility index (Phi) is 4.99. The van der Waals surface area contributed by atoms with Crippen molar-refractivity contribution in [2.24, 2.45) is 0 Å². The number of hydrogen-bond donors (Lipinski definition) is 2. The molecule has 0 radical (unpaired) electrons. The first-order valence-corrected chi connectivity index (χ1v) is 8.14. The summed E-state index contributed by atoms with van der Waals surface area (Å²) in [5.74, 6) is -0.997. The second-order valence-corrected chi connectivity index (χ2v) is 6.18. The average Bonchev–Trinajstić information content (AvgIpc) is 2.84. The first kappa shape index (κ1) is 19.0. The van der Waals surface area contributed by atoms with Crippen LogP contribution in [0.25, 0.3) is 6.08 Å². The van der Waals surface area contributed by atoms with Crippen LogP contribution in [0.2, 0.25) is 5.02 Å². The number of carbonyl (C=O) groups is 1. The molecule has 10 heteroatoms. The van der Waals surface area contributed by atoms with Gasteiger partial charge in [-0.25, -0.2) is 0 Å². The van der Waals surface area contributed by atoms with Crippen molar-refractivity contribution in [1.82, 2.24) is 5.32 Å². The van der Waals surface area contributed by atoms with E-state index in [1.54, 1.807) is 6.07 Å². The maximum absolute atomic E-state index is 12.6. The van der Waals surface area contributed by atoms with Crippen LogP contribution in [0, 0.1) is 0 Å². The van der Waals surface area contributed by atoms with E-state index in [0.717, 1.165) is 17.0 Å². The van der Waals surface area contributed by atoms with Crippen molar-refractivity contribution in [3.63, 3.8) is 0 Å². The number of benzene rings is 2. The van der Waals surface area contributed by atoms with E-state index in [9.17, 15) is 23.1 Å². The van der Waals surface area contributed by atoms with E-state index < -0.39 is 18.0 Å². The molecule has 2 N–H and O–H groups in total. The maximum atomic E-state index is 12.6. The van der Waals surface area contributed by atoms with Crippen LogP contribution in [0.1, 0.15) is 5.56 Å². The Labute approximate surface area is 161 Å². The summed E-state index contributed by atoms with van der Waals surface area (Å²) in [6, 6.07) is 9.14. The molecule has 1 fully saturated rings. The molecule has 0 unspecified atom stereocenters. The van der Waals surface area contributed by atoms with E-state index in [0.29, 0.717) is 5.56 Å². The molecule has 0 atom stereocenters. The van der Waals surface area contributed by atoms with Gasteiger partial charge in [0.1, 0.15) is 17.2 Å². The highest BCUT2D eigenvalue weighted by Gasteiger charge is 2.33. The fourth-order valence-electron chi connectivity index (χ4n) is 2.35. The zero-order valence-corrected chi connectivity index (χ0v) is 14.8. The molecule has 5 nitrogen and oxygen atoms in total. The first-order valence-electron chi connectivity index (χ1n) is 7.35.